The maximum Gasteiger partial charge on any atom is 0.231 e. The van der Waals surface area contributed by atoms with Gasteiger partial charge in [-0.05, 0) is 30.3 Å². The number of anilines is 2. The summed E-state index contributed by atoms with van der Waals surface area (Å²) in [6.45, 7) is 0. The van der Waals surface area contributed by atoms with Crippen molar-refractivity contribution in [1.82, 2.24) is 0 Å². The maximum absolute atomic E-state index is 13.6. The quantitative estimate of drug-likeness (QED) is 0.883. The summed E-state index contributed by atoms with van der Waals surface area (Å²) in [4.78, 5) is 13.4. The van der Waals surface area contributed by atoms with Gasteiger partial charge in [-0.25, -0.2) is 8.78 Å². The molecule has 1 amide bonds. The van der Waals surface area contributed by atoms with Crippen LogP contribution in [0, 0.1) is 11.6 Å². The minimum Gasteiger partial charge on any atom is -0.397 e. The topological polar surface area (TPSA) is 46.3 Å². The molecule has 2 rings (SSSR count). The SMILES string of the molecule is CN(C(=O)Cc1c(F)cccc1F)c1cc(Cl)ccc1N. The molecule has 0 aliphatic rings. The van der Waals surface area contributed by atoms with Gasteiger partial charge in [0.25, 0.3) is 0 Å². The number of benzene rings is 2. The summed E-state index contributed by atoms with van der Waals surface area (Å²) in [5.74, 6) is -2.00. The Morgan fingerprint density at radius 1 is 1.24 bits per heavy atom. The Labute approximate surface area is 125 Å². The van der Waals surface area contributed by atoms with E-state index in [1.54, 1.807) is 12.1 Å². The monoisotopic (exact) mass is 310 g/mol. The molecule has 0 bridgehead atoms. The molecule has 0 fully saturated rings. The number of carbonyl (C=O) groups is 1. The number of nitrogens with zero attached hydrogens (tertiary/aromatic N) is 1. The highest BCUT2D eigenvalue weighted by Gasteiger charge is 2.18. The molecular weight excluding hydrogens is 298 g/mol. The van der Waals surface area contributed by atoms with Crippen LogP contribution in [0.15, 0.2) is 36.4 Å². The first-order valence-electron chi connectivity index (χ1n) is 6.14. The minimum absolute atomic E-state index is 0.269. The summed E-state index contributed by atoms with van der Waals surface area (Å²) in [6, 6.07) is 8.14. The Morgan fingerprint density at radius 2 is 1.86 bits per heavy atom. The van der Waals surface area contributed by atoms with E-state index < -0.39 is 24.0 Å². The third kappa shape index (κ3) is 3.31. The number of likely N-dealkylation sites (N-methyl/N-ethyl adjacent to an activating group) is 1. The molecule has 6 heteroatoms. The summed E-state index contributed by atoms with van der Waals surface area (Å²) in [5, 5.41) is 0.413. The van der Waals surface area contributed by atoms with Gasteiger partial charge in [-0.1, -0.05) is 17.7 Å². The first-order valence-corrected chi connectivity index (χ1v) is 6.52. The molecule has 0 aliphatic carbocycles. The molecule has 0 atom stereocenters. The molecular formula is C15H13ClF2N2O. The second-order valence-electron chi connectivity index (χ2n) is 4.53. The molecule has 2 aromatic carbocycles. The van der Waals surface area contributed by atoms with E-state index in [0.717, 1.165) is 12.1 Å². The van der Waals surface area contributed by atoms with Crippen LogP contribution in [0.1, 0.15) is 5.56 Å². The van der Waals surface area contributed by atoms with Crippen molar-refractivity contribution in [2.24, 2.45) is 0 Å². The highest BCUT2D eigenvalue weighted by atomic mass is 35.5. The Bertz CT molecular complexity index is 671. The smallest absolute Gasteiger partial charge is 0.231 e. The number of amides is 1. The van der Waals surface area contributed by atoms with Gasteiger partial charge in [-0.3, -0.25) is 4.79 Å². The minimum atomic E-state index is -0.754. The van der Waals surface area contributed by atoms with E-state index in [2.05, 4.69) is 0 Å². The molecule has 2 aromatic rings. The lowest BCUT2D eigenvalue weighted by molar-refractivity contribution is -0.117. The van der Waals surface area contributed by atoms with Gasteiger partial charge in [0.2, 0.25) is 5.91 Å². The fraction of sp³-hybridized carbons (Fsp3) is 0.133. The van der Waals surface area contributed by atoms with Gasteiger partial charge in [-0.2, -0.15) is 0 Å². The van der Waals surface area contributed by atoms with Gasteiger partial charge >= 0.3 is 0 Å². The van der Waals surface area contributed by atoms with Crippen molar-refractivity contribution in [1.29, 1.82) is 0 Å². The first kappa shape index (κ1) is 15.3. The molecule has 21 heavy (non-hydrogen) atoms. The molecule has 0 heterocycles. The van der Waals surface area contributed by atoms with Crippen LogP contribution in [0.2, 0.25) is 5.02 Å². The zero-order valence-corrected chi connectivity index (χ0v) is 12.0. The van der Waals surface area contributed by atoms with Crippen molar-refractivity contribution in [3.8, 4) is 0 Å². The van der Waals surface area contributed by atoms with Crippen LogP contribution in [0.25, 0.3) is 0 Å². The molecule has 3 nitrogen and oxygen atoms in total. The molecule has 0 saturated carbocycles. The van der Waals surface area contributed by atoms with E-state index in [9.17, 15) is 13.6 Å². The highest BCUT2D eigenvalue weighted by Crippen LogP contribution is 2.27. The highest BCUT2D eigenvalue weighted by molar-refractivity contribution is 6.31. The number of hydrogen-bond acceptors (Lipinski definition) is 2. The Hall–Kier alpha value is -2.14. The average Bonchev–Trinajstić information content (AvgIpc) is 2.44. The van der Waals surface area contributed by atoms with E-state index in [4.69, 9.17) is 17.3 Å². The predicted octanol–water partition coefficient (Wildman–Crippen LogP) is 3.41. The Balaban J connectivity index is 2.26. The van der Waals surface area contributed by atoms with Crippen molar-refractivity contribution < 1.29 is 13.6 Å². The van der Waals surface area contributed by atoms with Crippen molar-refractivity contribution in [3.63, 3.8) is 0 Å². The second kappa shape index (κ2) is 6.10. The van der Waals surface area contributed by atoms with Crippen molar-refractivity contribution in [2.75, 3.05) is 17.7 Å². The van der Waals surface area contributed by atoms with Gasteiger partial charge < -0.3 is 10.6 Å². The van der Waals surface area contributed by atoms with Crippen LogP contribution in [0.5, 0.6) is 0 Å². The fourth-order valence-electron chi connectivity index (χ4n) is 1.91. The lowest BCUT2D eigenvalue weighted by Crippen LogP contribution is -2.29. The molecule has 0 aromatic heterocycles. The van der Waals surface area contributed by atoms with Crippen molar-refractivity contribution in [3.05, 3.63) is 58.6 Å². The third-order valence-electron chi connectivity index (χ3n) is 3.12. The van der Waals surface area contributed by atoms with E-state index in [-0.39, 0.29) is 5.56 Å². The van der Waals surface area contributed by atoms with Crippen LogP contribution >= 0.6 is 11.6 Å². The second-order valence-corrected chi connectivity index (χ2v) is 4.97. The zero-order chi connectivity index (χ0) is 15.6. The molecule has 0 aliphatic heterocycles. The lowest BCUT2D eigenvalue weighted by Gasteiger charge is -2.20. The first-order chi connectivity index (χ1) is 9.90. The third-order valence-corrected chi connectivity index (χ3v) is 3.35. The van der Waals surface area contributed by atoms with Gasteiger partial charge in [0.15, 0.2) is 0 Å². The van der Waals surface area contributed by atoms with E-state index in [0.29, 0.717) is 16.4 Å². The molecule has 0 unspecified atom stereocenters. The van der Waals surface area contributed by atoms with Crippen LogP contribution in [-0.4, -0.2) is 13.0 Å². The average molecular weight is 311 g/mol. The van der Waals surface area contributed by atoms with Crippen LogP contribution < -0.4 is 10.6 Å². The predicted molar refractivity (Wildman–Crippen MR) is 79.3 cm³/mol. The Kier molecular flexibility index (Phi) is 4.43. The van der Waals surface area contributed by atoms with Gasteiger partial charge in [0.05, 0.1) is 17.8 Å². The van der Waals surface area contributed by atoms with Crippen molar-refractivity contribution in [2.45, 2.75) is 6.42 Å². The van der Waals surface area contributed by atoms with Gasteiger partial charge in [0.1, 0.15) is 11.6 Å². The molecule has 110 valence electrons. The Morgan fingerprint density at radius 3 is 2.48 bits per heavy atom. The number of hydrogen-bond donors (Lipinski definition) is 1. The van der Waals surface area contributed by atoms with Crippen LogP contribution in [-0.2, 0) is 11.2 Å². The normalized spacial score (nSPS) is 10.5. The van der Waals surface area contributed by atoms with Crippen LogP contribution in [0.4, 0.5) is 20.2 Å². The van der Waals surface area contributed by atoms with Crippen LogP contribution in [0.3, 0.4) is 0 Å². The van der Waals surface area contributed by atoms with E-state index in [1.165, 1.54) is 24.1 Å². The molecule has 0 radical (unpaired) electrons. The molecule has 0 saturated heterocycles. The van der Waals surface area contributed by atoms with Gasteiger partial charge in [0, 0.05) is 17.6 Å². The lowest BCUT2D eigenvalue weighted by atomic mass is 10.1. The zero-order valence-electron chi connectivity index (χ0n) is 11.2. The molecule has 0 spiro atoms. The summed E-state index contributed by atoms with van der Waals surface area (Å²) in [6.07, 6.45) is -0.402. The largest absolute Gasteiger partial charge is 0.397 e. The summed E-state index contributed by atoms with van der Waals surface area (Å²) < 4.78 is 27.1. The van der Waals surface area contributed by atoms with Crippen molar-refractivity contribution >= 4 is 28.9 Å². The van der Waals surface area contributed by atoms with E-state index in [1.807, 2.05) is 0 Å². The summed E-state index contributed by atoms with van der Waals surface area (Å²) in [7, 11) is 1.48. The van der Waals surface area contributed by atoms with Gasteiger partial charge in [-0.15, -0.1) is 0 Å². The standard InChI is InChI=1S/C15H13ClF2N2O/c1-20(14-7-9(16)5-6-13(14)19)15(21)8-10-11(17)3-2-4-12(10)18/h2-7H,8,19H2,1H3. The summed E-state index contributed by atoms with van der Waals surface area (Å²) in [5.41, 5.74) is 6.26. The number of rotatable bonds is 3. The maximum atomic E-state index is 13.6. The number of nitrogen functional groups attached to an aromatic ring is 1. The number of halogens is 3. The molecule has 2 N–H and O–H groups in total. The van der Waals surface area contributed by atoms with E-state index >= 15 is 0 Å². The number of nitrogens with two attached hydrogens (primary N) is 1. The fourth-order valence-corrected chi connectivity index (χ4v) is 2.08. The summed E-state index contributed by atoms with van der Waals surface area (Å²) >= 11 is 5.86. The number of carbonyl (C=O) groups excluding carboxylic acids is 1.